The maximum absolute atomic E-state index is 5.19. The average molecular weight is 681 g/mol. The lowest BCUT2D eigenvalue weighted by Crippen LogP contribution is -2.33. The van der Waals surface area contributed by atoms with Crippen molar-refractivity contribution in [2.24, 2.45) is 9.98 Å². The molecular weight excluding hydrogens is 649 g/mol. The van der Waals surface area contributed by atoms with Crippen LogP contribution in [0.5, 0.6) is 0 Å². The lowest BCUT2D eigenvalue weighted by atomic mass is 10.0. The van der Waals surface area contributed by atoms with Gasteiger partial charge < -0.3 is 14.9 Å². The number of aromatic nitrogens is 3. The fourth-order valence-corrected chi connectivity index (χ4v) is 8.14. The minimum atomic E-state index is -0.359. The van der Waals surface area contributed by atoms with Crippen LogP contribution in [0.2, 0.25) is 0 Å². The largest absolute Gasteiger partial charge is 0.347 e. The van der Waals surface area contributed by atoms with Crippen molar-refractivity contribution in [2.45, 2.75) is 6.17 Å². The van der Waals surface area contributed by atoms with E-state index in [0.29, 0.717) is 5.84 Å². The molecule has 1 unspecified atom stereocenters. The molecule has 6 heteroatoms. The lowest BCUT2D eigenvalue weighted by molar-refractivity contribution is 0.675. The molecule has 1 aliphatic heterocycles. The normalized spacial score (nSPS) is 14.6. The summed E-state index contributed by atoms with van der Waals surface area (Å²) in [4.78, 5) is 14.0. The number of aliphatic imine (C=N–C) groups is 2. The lowest BCUT2D eigenvalue weighted by Gasteiger charge is -2.23. The molecule has 10 aromatic rings. The highest BCUT2D eigenvalue weighted by Gasteiger charge is 2.24. The molecule has 0 saturated carbocycles. The molecule has 2 N–H and O–H groups in total. The summed E-state index contributed by atoms with van der Waals surface area (Å²) in [6.07, 6.45) is 1.72. The summed E-state index contributed by atoms with van der Waals surface area (Å²) in [6.45, 7) is 0. The molecule has 0 radical (unpaired) electrons. The highest BCUT2D eigenvalue weighted by atomic mass is 15.2. The van der Waals surface area contributed by atoms with Gasteiger partial charge in [0.2, 0.25) is 0 Å². The first kappa shape index (κ1) is 29.5. The van der Waals surface area contributed by atoms with E-state index >= 15 is 0 Å². The smallest absolute Gasteiger partial charge is 0.159 e. The van der Waals surface area contributed by atoms with Crippen molar-refractivity contribution in [2.75, 3.05) is 0 Å². The summed E-state index contributed by atoms with van der Waals surface area (Å²) >= 11 is 0. The van der Waals surface area contributed by atoms with E-state index in [0.717, 1.165) is 50.5 Å². The van der Waals surface area contributed by atoms with Gasteiger partial charge >= 0.3 is 0 Å². The van der Waals surface area contributed by atoms with Gasteiger partial charge in [-0.25, -0.2) is 9.98 Å². The van der Waals surface area contributed by atoms with Crippen LogP contribution in [-0.2, 0) is 0 Å². The molecule has 6 nitrogen and oxygen atoms in total. The fraction of sp³-hybridized carbons (Fsp3) is 0.0213. The van der Waals surface area contributed by atoms with Gasteiger partial charge in [0.25, 0.3) is 0 Å². The van der Waals surface area contributed by atoms with Crippen LogP contribution in [0.15, 0.2) is 186 Å². The summed E-state index contributed by atoms with van der Waals surface area (Å²) in [5.74, 6) is 2.48. The van der Waals surface area contributed by atoms with Crippen LogP contribution in [0.4, 0.5) is 0 Å². The van der Waals surface area contributed by atoms with Crippen LogP contribution in [-0.4, -0.2) is 25.8 Å². The van der Waals surface area contributed by atoms with E-state index in [9.17, 15) is 0 Å². The summed E-state index contributed by atoms with van der Waals surface area (Å²) in [5.41, 5.74) is 8.83. The summed E-state index contributed by atoms with van der Waals surface area (Å²) in [7, 11) is 0. The Morgan fingerprint density at radius 3 is 1.89 bits per heavy atom. The zero-order chi connectivity index (χ0) is 34.9. The van der Waals surface area contributed by atoms with Crippen LogP contribution in [0.3, 0.4) is 0 Å². The van der Waals surface area contributed by atoms with Gasteiger partial charge in [-0.15, -0.1) is 0 Å². The van der Waals surface area contributed by atoms with Gasteiger partial charge in [0.05, 0.1) is 22.1 Å². The highest BCUT2D eigenvalue weighted by Crippen LogP contribution is 2.40. The van der Waals surface area contributed by atoms with Crippen LogP contribution >= 0.6 is 0 Å². The van der Waals surface area contributed by atoms with Crippen molar-refractivity contribution in [1.82, 2.24) is 19.4 Å². The number of rotatable bonds is 5. The van der Waals surface area contributed by atoms with Gasteiger partial charge in [0.15, 0.2) is 5.84 Å². The number of para-hydroxylation sites is 3. The number of H-pyrrole nitrogens is 1. The van der Waals surface area contributed by atoms with Gasteiger partial charge in [-0.2, -0.15) is 0 Å². The Kier molecular flexibility index (Phi) is 6.51. The van der Waals surface area contributed by atoms with Crippen molar-refractivity contribution >= 4 is 66.1 Å². The predicted octanol–water partition coefficient (Wildman–Crippen LogP) is 10.9. The van der Waals surface area contributed by atoms with E-state index in [2.05, 4.69) is 177 Å². The Morgan fingerprint density at radius 1 is 0.491 bits per heavy atom. The van der Waals surface area contributed by atoms with E-state index < -0.39 is 0 Å². The van der Waals surface area contributed by atoms with Crippen LogP contribution in [0, 0.1) is 0 Å². The van der Waals surface area contributed by atoms with Gasteiger partial charge in [-0.1, -0.05) is 127 Å². The van der Waals surface area contributed by atoms with Crippen molar-refractivity contribution in [3.63, 3.8) is 0 Å². The molecule has 1 aliphatic rings. The van der Waals surface area contributed by atoms with Crippen LogP contribution < -0.4 is 5.32 Å². The third kappa shape index (κ3) is 4.66. The maximum atomic E-state index is 5.19. The van der Waals surface area contributed by atoms with Crippen molar-refractivity contribution in [1.29, 1.82) is 0 Å². The first-order chi connectivity index (χ1) is 26.3. The van der Waals surface area contributed by atoms with E-state index in [4.69, 9.17) is 9.98 Å². The summed E-state index contributed by atoms with van der Waals surface area (Å²) in [5, 5.41) is 10.9. The first-order valence-electron chi connectivity index (χ1n) is 18.0. The molecule has 11 rings (SSSR count). The van der Waals surface area contributed by atoms with E-state index in [-0.39, 0.29) is 6.17 Å². The first-order valence-corrected chi connectivity index (χ1v) is 18.0. The Labute approximate surface area is 305 Å². The minimum absolute atomic E-state index is 0.359. The Morgan fingerprint density at radius 2 is 1.11 bits per heavy atom. The summed E-state index contributed by atoms with van der Waals surface area (Å²) < 4.78 is 4.73. The van der Waals surface area contributed by atoms with Crippen molar-refractivity contribution in [3.8, 4) is 11.5 Å². The van der Waals surface area contributed by atoms with Gasteiger partial charge in [0.1, 0.15) is 17.8 Å². The zero-order valence-electron chi connectivity index (χ0n) is 28.6. The number of amidine groups is 2. The molecule has 4 heterocycles. The highest BCUT2D eigenvalue weighted by molar-refractivity contribution is 6.20. The number of hydrogen-bond acceptors (Lipinski definition) is 3. The molecule has 0 bridgehead atoms. The van der Waals surface area contributed by atoms with Crippen molar-refractivity contribution < 1.29 is 0 Å². The van der Waals surface area contributed by atoms with E-state index in [1.807, 2.05) is 18.2 Å². The zero-order valence-corrected chi connectivity index (χ0v) is 28.6. The fourth-order valence-electron chi connectivity index (χ4n) is 8.14. The summed E-state index contributed by atoms with van der Waals surface area (Å²) in [6, 6.07) is 60.0. The molecule has 0 amide bonds. The monoisotopic (exact) mass is 680 g/mol. The number of nitrogens with one attached hydrogen (secondary N) is 2. The van der Waals surface area contributed by atoms with Crippen molar-refractivity contribution in [3.05, 3.63) is 193 Å². The van der Waals surface area contributed by atoms with Gasteiger partial charge in [0, 0.05) is 50.1 Å². The second-order valence-corrected chi connectivity index (χ2v) is 13.6. The molecular formula is C47H32N6. The maximum Gasteiger partial charge on any atom is 0.159 e. The molecule has 0 saturated heterocycles. The number of hydrogen-bond donors (Lipinski definition) is 2. The second-order valence-electron chi connectivity index (χ2n) is 13.6. The van der Waals surface area contributed by atoms with Gasteiger partial charge in [-0.05, 0) is 53.2 Å². The molecule has 1 atom stereocenters. The van der Waals surface area contributed by atoms with E-state index in [1.54, 1.807) is 0 Å². The Bertz CT molecular complexity index is 3080. The van der Waals surface area contributed by atoms with Crippen LogP contribution in [0.1, 0.15) is 22.9 Å². The molecule has 0 aliphatic carbocycles. The quantitative estimate of drug-likeness (QED) is 0.187. The predicted molar refractivity (Wildman–Crippen MR) is 219 cm³/mol. The molecule has 0 fully saturated rings. The second kappa shape index (κ2) is 11.7. The number of fused-ring (bicyclic) bond motifs is 7. The molecule has 53 heavy (non-hydrogen) atoms. The number of benzene rings is 7. The van der Waals surface area contributed by atoms with Gasteiger partial charge in [-0.3, -0.25) is 4.57 Å². The standard InChI is InChI=1S/C47H32N6/c1-3-15-31(16-4-1)45-49-46(51-47(50-45)37-23-13-17-30-14-7-8-20-34(30)37)32-26-44(48-29-32)53-41-25-12-10-22-36(41)39-27-38-35-21-9-11-24-40(35)52(42(38)28-43(39)53)33-18-5-2-6-19-33/h1-29,46,48H,(H,49,50,51). The molecule has 250 valence electrons. The number of nitrogens with zero attached hydrogens (tertiary/aromatic N) is 4. The Balaban J connectivity index is 1.09. The average Bonchev–Trinajstić information content (AvgIpc) is 3.93. The topological polar surface area (TPSA) is 62.4 Å². The molecule has 3 aromatic heterocycles. The number of aromatic amines is 1. The third-order valence-electron chi connectivity index (χ3n) is 10.5. The molecule has 7 aromatic carbocycles. The van der Waals surface area contributed by atoms with E-state index in [1.165, 1.54) is 38.0 Å². The molecule has 0 spiro atoms. The van der Waals surface area contributed by atoms with Crippen LogP contribution in [0.25, 0.3) is 65.9 Å². The SMILES string of the molecule is c1ccc(C2=NC(c3c[nH]c(-n4c5ccccc5c5cc6c7ccccc7n(-c7ccccc7)c6cc54)c3)NC(c3cccc4ccccc34)=N2)cc1. The minimum Gasteiger partial charge on any atom is -0.347 e. The third-order valence-corrected chi connectivity index (χ3v) is 10.5. The Hall–Kier alpha value is -7.18.